The molecule has 6 rings (SSSR count). The minimum Gasteiger partial charge on any atom is -0.497 e. The van der Waals surface area contributed by atoms with Crippen LogP contribution in [0.1, 0.15) is 30.5 Å². The maximum absolute atomic E-state index is 14.6. The Bertz CT molecular complexity index is 1920. The first-order valence-electron chi connectivity index (χ1n) is 17.9. The Morgan fingerprint density at radius 3 is 1.95 bits per heavy atom. The van der Waals surface area contributed by atoms with E-state index in [1.807, 2.05) is 0 Å². The van der Waals surface area contributed by atoms with Crippen molar-refractivity contribution in [1.82, 2.24) is 30.7 Å². The average Bonchev–Trinajstić information content (AvgIpc) is 3.18. The lowest BCUT2D eigenvalue weighted by atomic mass is 9.98. The van der Waals surface area contributed by atoms with Crippen molar-refractivity contribution in [3.8, 4) is 23.0 Å². The number of fused-ring (bicyclic) bond motifs is 2. The third-order valence-electron chi connectivity index (χ3n) is 10.1. The second-order valence-electron chi connectivity index (χ2n) is 13.8. The fourth-order valence-corrected chi connectivity index (χ4v) is 6.59. The van der Waals surface area contributed by atoms with Crippen molar-refractivity contribution in [3.63, 3.8) is 0 Å². The van der Waals surface area contributed by atoms with Gasteiger partial charge in [-0.05, 0) is 66.9 Å². The van der Waals surface area contributed by atoms with Crippen molar-refractivity contribution in [3.05, 3.63) is 83.4 Å². The molecule has 15 heteroatoms. The molecular weight excluding hydrogens is 708 g/mol. The quantitative estimate of drug-likeness (QED) is 0.356. The van der Waals surface area contributed by atoms with Gasteiger partial charge in [-0.15, -0.1) is 0 Å². The summed E-state index contributed by atoms with van der Waals surface area (Å²) in [6.07, 6.45) is 0.152. The number of carbonyl (C=O) groups excluding carboxylic acids is 6. The van der Waals surface area contributed by atoms with E-state index in [0.29, 0.717) is 39.7 Å². The number of methoxy groups -OCH3 is 2. The van der Waals surface area contributed by atoms with Crippen LogP contribution in [-0.2, 0) is 48.0 Å². The van der Waals surface area contributed by atoms with E-state index in [9.17, 15) is 28.8 Å². The van der Waals surface area contributed by atoms with Crippen molar-refractivity contribution in [1.29, 1.82) is 0 Å². The predicted octanol–water partition coefficient (Wildman–Crippen LogP) is 1.46. The molecule has 292 valence electrons. The fraction of sp³-hybridized carbons (Fsp3) is 0.400. The summed E-state index contributed by atoms with van der Waals surface area (Å²) in [5, 5.41) is 8.01. The first kappa shape index (κ1) is 40.1. The molecule has 5 atom stereocenters. The molecular formula is C40H48N6O9. The Morgan fingerprint density at radius 2 is 1.29 bits per heavy atom. The van der Waals surface area contributed by atoms with Gasteiger partial charge in [0.2, 0.25) is 35.4 Å². The van der Waals surface area contributed by atoms with Crippen molar-refractivity contribution < 1.29 is 43.0 Å². The number of amides is 6. The third kappa shape index (κ3) is 9.34. The first-order chi connectivity index (χ1) is 26.2. The van der Waals surface area contributed by atoms with Crippen molar-refractivity contribution in [2.45, 2.75) is 63.3 Å². The van der Waals surface area contributed by atoms with Gasteiger partial charge in [-0.2, -0.15) is 0 Å². The molecule has 3 aliphatic rings. The average molecular weight is 757 g/mol. The van der Waals surface area contributed by atoms with Gasteiger partial charge in [-0.25, -0.2) is 0 Å². The molecule has 0 aliphatic carbocycles. The van der Waals surface area contributed by atoms with E-state index in [1.165, 1.54) is 63.9 Å². The number of hydrogen-bond donors (Lipinski definition) is 3. The molecule has 6 amide bonds. The number of carbonyl (C=O) groups is 6. The highest BCUT2D eigenvalue weighted by molar-refractivity contribution is 5.97. The maximum atomic E-state index is 14.6. The van der Waals surface area contributed by atoms with Gasteiger partial charge in [-0.3, -0.25) is 28.8 Å². The summed E-state index contributed by atoms with van der Waals surface area (Å²) >= 11 is 0. The van der Waals surface area contributed by atoms with Crippen LogP contribution in [0.15, 0.2) is 66.7 Å². The summed E-state index contributed by atoms with van der Waals surface area (Å²) in [4.78, 5) is 87.3. The Kier molecular flexibility index (Phi) is 12.6. The summed E-state index contributed by atoms with van der Waals surface area (Å²) in [5.74, 6) is -1.62. The summed E-state index contributed by atoms with van der Waals surface area (Å²) in [6.45, 7) is 2.49. The molecule has 1 fully saturated rings. The van der Waals surface area contributed by atoms with Crippen LogP contribution >= 0.6 is 0 Å². The number of nitrogens with zero attached hydrogens (tertiary/aromatic N) is 3. The minimum atomic E-state index is -1.15. The molecule has 0 radical (unpaired) electrons. The maximum Gasteiger partial charge on any atom is 0.246 e. The highest BCUT2D eigenvalue weighted by Crippen LogP contribution is 2.34. The Labute approximate surface area is 320 Å². The van der Waals surface area contributed by atoms with Crippen molar-refractivity contribution >= 4 is 35.4 Å². The van der Waals surface area contributed by atoms with Gasteiger partial charge in [0.15, 0.2) is 11.5 Å². The molecule has 3 aromatic carbocycles. The summed E-state index contributed by atoms with van der Waals surface area (Å²) in [7, 11) is 7.43. The fourth-order valence-electron chi connectivity index (χ4n) is 6.59. The number of rotatable bonds is 4. The van der Waals surface area contributed by atoms with E-state index in [1.54, 1.807) is 66.7 Å². The highest BCUT2D eigenvalue weighted by Gasteiger charge is 2.38. The second-order valence-corrected chi connectivity index (χ2v) is 13.8. The monoisotopic (exact) mass is 756 g/mol. The lowest BCUT2D eigenvalue weighted by Gasteiger charge is -2.36. The molecule has 3 aromatic rings. The SMILES string of the molecule is COc1ccc(C[C@H]2C(=O)N[C@@H](C)C(=O)N(C)[C@H]3Cc4ccc(cc4)Oc4cc(ccc4OC)C[C@@H](C(=O)N[C@@H](C)C(=O)NCC(=O)N2C)N(C)C3=O)cc1. The standard InChI is InChI=1S/C40H48N6O9/c1-23-36(48)41-22-35(47)44(3)30(18-25-8-13-28(53-6)14-9-25)37(49)43-24(2)39(51)46(5)32-19-26-10-15-29(16-11-26)55-34-21-27(12-17-33(34)54-7)20-31(38(50)42-23)45(4)40(32)52/h8-17,21,23-24,30-32H,18-20,22H2,1-7H3,(H,41,48)(H,42,50)(H,43,49)/t23-,24-,30-,31-,32-/m0/s1. The van der Waals surface area contributed by atoms with E-state index < -0.39 is 72.2 Å². The summed E-state index contributed by atoms with van der Waals surface area (Å²) in [5.41, 5.74) is 2.03. The summed E-state index contributed by atoms with van der Waals surface area (Å²) in [6, 6.07) is 13.6. The van der Waals surface area contributed by atoms with E-state index >= 15 is 0 Å². The Morgan fingerprint density at radius 1 is 0.673 bits per heavy atom. The molecule has 3 heterocycles. The van der Waals surface area contributed by atoms with Crippen LogP contribution in [0.3, 0.4) is 0 Å². The molecule has 3 aliphatic heterocycles. The van der Waals surface area contributed by atoms with Gasteiger partial charge in [0.25, 0.3) is 0 Å². The summed E-state index contributed by atoms with van der Waals surface area (Å²) < 4.78 is 16.9. The Balaban J connectivity index is 1.56. The molecule has 0 spiro atoms. The van der Waals surface area contributed by atoms with Crippen LogP contribution < -0.4 is 30.2 Å². The number of nitrogens with one attached hydrogen (secondary N) is 3. The molecule has 0 aromatic heterocycles. The van der Waals surface area contributed by atoms with E-state index in [-0.39, 0.29) is 19.3 Å². The third-order valence-corrected chi connectivity index (χ3v) is 10.1. The minimum absolute atomic E-state index is 0.00998. The highest BCUT2D eigenvalue weighted by atomic mass is 16.5. The first-order valence-corrected chi connectivity index (χ1v) is 17.9. The van der Waals surface area contributed by atoms with Gasteiger partial charge in [0, 0.05) is 40.4 Å². The zero-order chi connectivity index (χ0) is 40.0. The molecule has 0 saturated carbocycles. The number of ether oxygens (including phenoxy) is 3. The zero-order valence-corrected chi connectivity index (χ0v) is 32.1. The van der Waals surface area contributed by atoms with Gasteiger partial charge < -0.3 is 44.9 Å². The second kappa shape index (κ2) is 17.3. The lowest BCUT2D eigenvalue weighted by molar-refractivity contribution is -0.149. The molecule has 1 saturated heterocycles. The molecule has 6 bridgehead atoms. The molecule has 55 heavy (non-hydrogen) atoms. The molecule has 15 nitrogen and oxygen atoms in total. The largest absolute Gasteiger partial charge is 0.497 e. The van der Waals surface area contributed by atoms with Gasteiger partial charge in [-0.1, -0.05) is 30.3 Å². The van der Waals surface area contributed by atoms with Gasteiger partial charge in [0.05, 0.1) is 20.8 Å². The van der Waals surface area contributed by atoms with Crippen molar-refractivity contribution in [2.75, 3.05) is 41.9 Å². The van der Waals surface area contributed by atoms with Crippen LogP contribution in [0, 0.1) is 0 Å². The van der Waals surface area contributed by atoms with E-state index in [2.05, 4.69) is 16.0 Å². The van der Waals surface area contributed by atoms with E-state index in [0.717, 1.165) is 0 Å². The van der Waals surface area contributed by atoms with Crippen LogP contribution in [0.25, 0.3) is 0 Å². The topological polar surface area (TPSA) is 176 Å². The van der Waals surface area contributed by atoms with Crippen molar-refractivity contribution in [2.24, 2.45) is 0 Å². The number of likely N-dealkylation sites (N-methyl/N-ethyl adjacent to an activating group) is 3. The lowest BCUT2D eigenvalue weighted by Crippen LogP contribution is -2.60. The zero-order valence-electron chi connectivity index (χ0n) is 32.1. The normalized spacial score (nSPS) is 23.2. The number of benzene rings is 3. The smallest absolute Gasteiger partial charge is 0.246 e. The molecule has 3 N–H and O–H groups in total. The van der Waals surface area contributed by atoms with Crippen LogP contribution in [0.4, 0.5) is 0 Å². The number of hydrogen-bond acceptors (Lipinski definition) is 9. The predicted molar refractivity (Wildman–Crippen MR) is 202 cm³/mol. The van der Waals surface area contributed by atoms with Crippen LogP contribution in [0.2, 0.25) is 0 Å². The van der Waals surface area contributed by atoms with E-state index in [4.69, 9.17) is 14.2 Å². The molecule has 0 unspecified atom stereocenters. The Hall–Kier alpha value is -6.12. The van der Waals surface area contributed by atoms with Gasteiger partial charge >= 0.3 is 0 Å². The van der Waals surface area contributed by atoms with Crippen LogP contribution in [0.5, 0.6) is 23.0 Å². The van der Waals surface area contributed by atoms with Crippen LogP contribution in [-0.4, -0.2) is 122 Å². The van der Waals surface area contributed by atoms with Gasteiger partial charge in [0.1, 0.15) is 41.7 Å².